The Hall–Kier alpha value is -1.47. The summed E-state index contributed by atoms with van der Waals surface area (Å²) in [6.07, 6.45) is 5.60. The van der Waals surface area contributed by atoms with Gasteiger partial charge in [-0.05, 0) is 48.9 Å². The van der Waals surface area contributed by atoms with Crippen molar-refractivity contribution in [2.75, 3.05) is 5.32 Å². The minimum atomic E-state index is 0.135. The zero-order valence-electron chi connectivity index (χ0n) is 10.2. The fourth-order valence-electron chi connectivity index (χ4n) is 2.27. The van der Waals surface area contributed by atoms with Gasteiger partial charge in [-0.3, -0.25) is 4.79 Å². The molecule has 3 nitrogen and oxygen atoms in total. The summed E-state index contributed by atoms with van der Waals surface area (Å²) in [5, 5.41) is 13.5. The van der Waals surface area contributed by atoms with Crippen LogP contribution in [-0.2, 0) is 4.79 Å². The second-order valence-corrected chi connectivity index (χ2v) is 5.40. The molecule has 1 aliphatic rings. The van der Waals surface area contributed by atoms with Crippen molar-refractivity contribution < 1.29 is 4.79 Å². The van der Waals surface area contributed by atoms with E-state index in [1.165, 1.54) is 6.42 Å². The van der Waals surface area contributed by atoms with Gasteiger partial charge in [0.25, 0.3) is 0 Å². The lowest BCUT2D eigenvalue weighted by Gasteiger charge is -2.20. The molecule has 2 rings (SSSR count). The topological polar surface area (TPSA) is 52.9 Å². The lowest BCUT2D eigenvalue weighted by Crippen LogP contribution is -2.24. The number of nitriles is 1. The summed E-state index contributed by atoms with van der Waals surface area (Å²) in [6, 6.07) is 7.40. The highest BCUT2D eigenvalue weighted by Crippen LogP contribution is 2.25. The average Bonchev–Trinajstić information content (AvgIpc) is 2.42. The Balaban J connectivity index is 1.92. The third kappa shape index (κ3) is 3.51. The number of hydrogen-bond donors (Lipinski definition) is 1. The predicted molar refractivity (Wildman–Crippen MR) is 73.1 cm³/mol. The van der Waals surface area contributed by atoms with Crippen LogP contribution in [-0.4, -0.2) is 5.91 Å². The molecule has 0 saturated heterocycles. The van der Waals surface area contributed by atoms with Crippen molar-refractivity contribution in [1.82, 2.24) is 0 Å². The quantitative estimate of drug-likeness (QED) is 0.664. The lowest BCUT2D eigenvalue weighted by atomic mass is 9.88. The first-order valence-electron chi connectivity index (χ1n) is 6.26. The van der Waals surface area contributed by atoms with E-state index in [2.05, 4.69) is 5.32 Å². The molecule has 1 fully saturated rings. The monoisotopic (exact) mass is 260 g/mol. The van der Waals surface area contributed by atoms with Crippen LogP contribution < -0.4 is 5.32 Å². The zero-order chi connectivity index (χ0) is 12.8. The molecule has 1 aromatic carbocycles. The molecule has 0 heterocycles. The van der Waals surface area contributed by atoms with Crippen LogP contribution in [0.25, 0.3) is 0 Å². The first kappa shape index (κ1) is 13.0. The van der Waals surface area contributed by atoms with Crippen molar-refractivity contribution in [1.29, 1.82) is 5.26 Å². The van der Waals surface area contributed by atoms with Gasteiger partial charge in [0.05, 0.1) is 0 Å². The second-order valence-electron chi connectivity index (χ2n) is 4.54. The summed E-state index contributed by atoms with van der Waals surface area (Å²) < 4.78 is 0. The molecule has 94 valence electrons. The van der Waals surface area contributed by atoms with Gasteiger partial charge in [-0.1, -0.05) is 19.3 Å². The Morgan fingerprint density at radius 2 is 1.89 bits per heavy atom. The van der Waals surface area contributed by atoms with Gasteiger partial charge in [0.15, 0.2) is 0 Å². The fraction of sp³-hybridized carbons (Fsp3) is 0.429. The smallest absolute Gasteiger partial charge is 0.227 e. The van der Waals surface area contributed by atoms with Crippen LogP contribution in [0.4, 0.5) is 5.69 Å². The Bertz CT molecular complexity index is 444. The van der Waals surface area contributed by atoms with Crippen molar-refractivity contribution in [2.45, 2.75) is 37.0 Å². The molecule has 0 unspecified atom stereocenters. The van der Waals surface area contributed by atoms with E-state index in [0.717, 1.165) is 48.0 Å². The molecule has 0 aromatic heterocycles. The average molecular weight is 260 g/mol. The van der Waals surface area contributed by atoms with Crippen LogP contribution in [0.1, 0.15) is 32.1 Å². The standard InChI is InChI=1S/C14H16N2OS/c15-10-18-13-8-6-12(7-9-13)16-14(17)11-4-2-1-3-5-11/h6-9,11H,1-5H2,(H,16,17). The number of amides is 1. The number of carbonyl (C=O) groups excluding carboxylic acids is 1. The third-order valence-corrected chi connectivity index (χ3v) is 3.86. The van der Waals surface area contributed by atoms with E-state index < -0.39 is 0 Å². The van der Waals surface area contributed by atoms with E-state index in [1.807, 2.05) is 29.7 Å². The normalized spacial score (nSPS) is 15.9. The lowest BCUT2D eigenvalue weighted by molar-refractivity contribution is -0.120. The maximum absolute atomic E-state index is 12.0. The zero-order valence-corrected chi connectivity index (χ0v) is 11.0. The molecule has 0 spiro atoms. The van der Waals surface area contributed by atoms with Crippen LogP contribution in [0.5, 0.6) is 0 Å². The van der Waals surface area contributed by atoms with Crippen molar-refractivity contribution in [3.8, 4) is 5.40 Å². The molecule has 1 amide bonds. The number of nitrogens with zero attached hydrogens (tertiary/aromatic N) is 1. The molecule has 4 heteroatoms. The molecule has 18 heavy (non-hydrogen) atoms. The highest BCUT2D eigenvalue weighted by Gasteiger charge is 2.20. The van der Waals surface area contributed by atoms with Gasteiger partial charge in [-0.2, -0.15) is 5.26 Å². The number of benzene rings is 1. The molecular formula is C14H16N2OS. The van der Waals surface area contributed by atoms with Gasteiger partial charge in [0.1, 0.15) is 5.40 Å². The first-order valence-corrected chi connectivity index (χ1v) is 7.08. The summed E-state index contributed by atoms with van der Waals surface area (Å²) >= 11 is 1.12. The van der Waals surface area contributed by atoms with Crippen LogP contribution >= 0.6 is 11.8 Å². The number of thioether (sulfide) groups is 1. The summed E-state index contributed by atoms with van der Waals surface area (Å²) in [4.78, 5) is 12.9. The van der Waals surface area contributed by atoms with Crippen molar-refractivity contribution in [3.63, 3.8) is 0 Å². The van der Waals surface area contributed by atoms with Crippen LogP contribution in [0.2, 0.25) is 0 Å². The van der Waals surface area contributed by atoms with Crippen LogP contribution in [0.3, 0.4) is 0 Å². The van der Waals surface area contributed by atoms with Gasteiger partial charge in [-0.25, -0.2) is 0 Å². The van der Waals surface area contributed by atoms with Crippen LogP contribution in [0, 0.1) is 16.6 Å². The van der Waals surface area contributed by atoms with Crippen molar-refractivity contribution in [2.24, 2.45) is 5.92 Å². The van der Waals surface area contributed by atoms with E-state index in [1.54, 1.807) is 0 Å². The number of rotatable bonds is 3. The Labute approximate surface area is 112 Å². The fourth-order valence-corrected chi connectivity index (χ4v) is 2.65. The van der Waals surface area contributed by atoms with Gasteiger partial charge >= 0.3 is 0 Å². The number of thiocyanates is 1. The number of nitrogens with one attached hydrogen (secondary N) is 1. The van der Waals surface area contributed by atoms with Gasteiger partial charge < -0.3 is 5.32 Å². The summed E-state index contributed by atoms with van der Waals surface area (Å²) in [7, 11) is 0. The van der Waals surface area contributed by atoms with Crippen LogP contribution in [0.15, 0.2) is 29.2 Å². The molecule has 0 bridgehead atoms. The molecule has 1 aliphatic carbocycles. The summed E-state index contributed by atoms with van der Waals surface area (Å²) in [5.41, 5.74) is 0.813. The maximum atomic E-state index is 12.0. The maximum Gasteiger partial charge on any atom is 0.227 e. The molecule has 0 radical (unpaired) electrons. The summed E-state index contributed by atoms with van der Waals surface area (Å²) in [5.74, 6) is 0.308. The summed E-state index contributed by atoms with van der Waals surface area (Å²) in [6.45, 7) is 0. The molecule has 1 saturated carbocycles. The SMILES string of the molecule is N#CSc1ccc(NC(=O)C2CCCCC2)cc1. The van der Waals surface area contributed by atoms with Crippen molar-refractivity contribution in [3.05, 3.63) is 24.3 Å². The highest BCUT2D eigenvalue weighted by molar-refractivity contribution is 8.03. The number of anilines is 1. The minimum absolute atomic E-state index is 0.135. The predicted octanol–water partition coefficient (Wildman–Crippen LogP) is 3.78. The Morgan fingerprint density at radius 1 is 1.22 bits per heavy atom. The largest absolute Gasteiger partial charge is 0.326 e. The molecule has 0 atom stereocenters. The molecule has 1 aromatic rings. The number of carbonyl (C=O) groups is 1. The molecule has 1 N–H and O–H groups in total. The molecular weight excluding hydrogens is 244 g/mol. The number of hydrogen-bond acceptors (Lipinski definition) is 3. The van der Waals surface area contributed by atoms with Crippen molar-refractivity contribution >= 4 is 23.4 Å². The highest BCUT2D eigenvalue weighted by atomic mass is 32.2. The molecule has 0 aliphatic heterocycles. The third-order valence-electron chi connectivity index (χ3n) is 3.26. The van der Waals surface area contributed by atoms with E-state index in [-0.39, 0.29) is 11.8 Å². The second kappa shape index (κ2) is 6.46. The van der Waals surface area contributed by atoms with Gasteiger partial charge in [0.2, 0.25) is 5.91 Å². The van der Waals surface area contributed by atoms with Gasteiger partial charge in [0, 0.05) is 16.5 Å². The van der Waals surface area contributed by atoms with E-state index in [9.17, 15) is 4.79 Å². The Morgan fingerprint density at radius 3 is 2.50 bits per heavy atom. The van der Waals surface area contributed by atoms with E-state index in [0.29, 0.717) is 0 Å². The minimum Gasteiger partial charge on any atom is -0.326 e. The first-order chi connectivity index (χ1) is 8.79. The van der Waals surface area contributed by atoms with E-state index in [4.69, 9.17) is 5.26 Å². The van der Waals surface area contributed by atoms with E-state index >= 15 is 0 Å². The van der Waals surface area contributed by atoms with Gasteiger partial charge in [-0.15, -0.1) is 0 Å². The Kier molecular flexibility index (Phi) is 4.66.